The van der Waals surface area contributed by atoms with Crippen LogP contribution >= 0.6 is 0 Å². The van der Waals surface area contributed by atoms with Crippen molar-refractivity contribution in [3.05, 3.63) is 29.3 Å². The van der Waals surface area contributed by atoms with Crippen molar-refractivity contribution >= 4 is 17.4 Å². The maximum atomic E-state index is 11.8. The molecule has 0 aromatic heterocycles. The summed E-state index contributed by atoms with van der Waals surface area (Å²) >= 11 is 0. The fourth-order valence-corrected chi connectivity index (χ4v) is 2.40. The molecule has 0 aliphatic heterocycles. The van der Waals surface area contributed by atoms with Crippen LogP contribution in [0.25, 0.3) is 0 Å². The van der Waals surface area contributed by atoms with Gasteiger partial charge in [0.25, 0.3) is 0 Å². The van der Waals surface area contributed by atoms with Crippen LogP contribution in [0, 0.1) is 0 Å². The van der Waals surface area contributed by atoms with Crippen molar-refractivity contribution in [1.82, 2.24) is 0 Å². The fourth-order valence-electron chi connectivity index (χ4n) is 2.40. The van der Waals surface area contributed by atoms with Gasteiger partial charge in [-0.2, -0.15) is 0 Å². The lowest BCUT2D eigenvalue weighted by molar-refractivity contribution is -0.125. The first-order valence-corrected chi connectivity index (χ1v) is 6.45. The van der Waals surface area contributed by atoms with Crippen molar-refractivity contribution in [2.24, 2.45) is 0 Å². The van der Waals surface area contributed by atoms with Crippen molar-refractivity contribution in [3.8, 4) is 0 Å². The molecule has 3 nitrogen and oxygen atoms in total. The SMILES string of the molecule is CC(=O)CC(=O)N(C)c1ccc2c(c1)CCCC2. The Morgan fingerprint density at radius 2 is 1.83 bits per heavy atom. The van der Waals surface area contributed by atoms with Crippen LogP contribution in [-0.2, 0) is 22.4 Å². The van der Waals surface area contributed by atoms with Gasteiger partial charge in [-0.15, -0.1) is 0 Å². The van der Waals surface area contributed by atoms with Crippen molar-refractivity contribution in [2.75, 3.05) is 11.9 Å². The lowest BCUT2D eigenvalue weighted by atomic mass is 9.91. The molecule has 0 atom stereocenters. The molecule has 1 aromatic rings. The highest BCUT2D eigenvalue weighted by Gasteiger charge is 2.15. The lowest BCUT2D eigenvalue weighted by Gasteiger charge is -2.21. The molecule has 0 spiro atoms. The van der Waals surface area contributed by atoms with Gasteiger partial charge in [-0.1, -0.05) is 6.07 Å². The average molecular weight is 245 g/mol. The van der Waals surface area contributed by atoms with Crippen molar-refractivity contribution in [3.63, 3.8) is 0 Å². The monoisotopic (exact) mass is 245 g/mol. The van der Waals surface area contributed by atoms with Crippen molar-refractivity contribution in [1.29, 1.82) is 0 Å². The zero-order valence-corrected chi connectivity index (χ0v) is 11.0. The number of hydrogen-bond donors (Lipinski definition) is 0. The van der Waals surface area contributed by atoms with E-state index >= 15 is 0 Å². The van der Waals surface area contributed by atoms with E-state index in [2.05, 4.69) is 12.1 Å². The smallest absolute Gasteiger partial charge is 0.234 e. The first-order valence-electron chi connectivity index (χ1n) is 6.45. The summed E-state index contributed by atoms with van der Waals surface area (Å²) in [5.41, 5.74) is 3.64. The van der Waals surface area contributed by atoms with Gasteiger partial charge in [-0.25, -0.2) is 0 Å². The molecule has 18 heavy (non-hydrogen) atoms. The highest BCUT2D eigenvalue weighted by molar-refractivity contribution is 6.04. The Bertz CT molecular complexity index is 479. The molecule has 1 amide bonds. The normalized spacial score (nSPS) is 13.9. The maximum Gasteiger partial charge on any atom is 0.234 e. The second-order valence-corrected chi connectivity index (χ2v) is 4.99. The number of anilines is 1. The van der Waals surface area contributed by atoms with E-state index in [1.165, 1.54) is 30.9 Å². The predicted molar refractivity (Wildman–Crippen MR) is 71.8 cm³/mol. The zero-order valence-electron chi connectivity index (χ0n) is 11.0. The quantitative estimate of drug-likeness (QED) is 0.767. The van der Waals surface area contributed by atoms with E-state index in [4.69, 9.17) is 0 Å². The summed E-state index contributed by atoms with van der Waals surface area (Å²) < 4.78 is 0. The molecule has 0 saturated heterocycles. The van der Waals surface area contributed by atoms with Crippen LogP contribution in [0.5, 0.6) is 0 Å². The van der Waals surface area contributed by atoms with Crippen LogP contribution in [-0.4, -0.2) is 18.7 Å². The number of hydrogen-bond acceptors (Lipinski definition) is 2. The van der Waals surface area contributed by atoms with Gasteiger partial charge in [0.05, 0.1) is 6.42 Å². The summed E-state index contributed by atoms with van der Waals surface area (Å²) in [6, 6.07) is 6.18. The third-order valence-corrected chi connectivity index (χ3v) is 3.49. The van der Waals surface area contributed by atoms with E-state index in [1.54, 1.807) is 11.9 Å². The highest BCUT2D eigenvalue weighted by Crippen LogP contribution is 2.25. The highest BCUT2D eigenvalue weighted by atomic mass is 16.2. The van der Waals surface area contributed by atoms with Crippen LogP contribution in [0.1, 0.15) is 37.3 Å². The number of carbonyl (C=O) groups excluding carboxylic acids is 2. The molecule has 1 aliphatic rings. The summed E-state index contributed by atoms with van der Waals surface area (Å²) in [5, 5.41) is 0. The number of amides is 1. The van der Waals surface area contributed by atoms with Gasteiger partial charge in [-0.05, 0) is 55.9 Å². The number of Topliss-reactive ketones (excluding diaryl/α,β-unsaturated/α-hetero) is 1. The van der Waals surface area contributed by atoms with Gasteiger partial charge >= 0.3 is 0 Å². The van der Waals surface area contributed by atoms with Gasteiger partial charge in [-0.3, -0.25) is 9.59 Å². The molecule has 0 unspecified atom stereocenters. The van der Waals surface area contributed by atoms with Gasteiger partial charge in [0.2, 0.25) is 5.91 Å². The van der Waals surface area contributed by atoms with E-state index < -0.39 is 0 Å². The molecule has 0 heterocycles. The number of carbonyl (C=O) groups is 2. The number of fused-ring (bicyclic) bond motifs is 1. The summed E-state index contributed by atoms with van der Waals surface area (Å²) in [6.45, 7) is 1.44. The molecular formula is C15H19NO2. The van der Waals surface area contributed by atoms with E-state index in [-0.39, 0.29) is 18.1 Å². The fraction of sp³-hybridized carbons (Fsp3) is 0.467. The number of ketones is 1. The summed E-state index contributed by atoms with van der Waals surface area (Å²) in [5.74, 6) is -0.233. The molecule has 0 bridgehead atoms. The van der Waals surface area contributed by atoms with Crippen molar-refractivity contribution < 1.29 is 9.59 Å². The molecule has 1 aliphatic carbocycles. The van der Waals surface area contributed by atoms with Crippen LogP contribution in [0.4, 0.5) is 5.69 Å². The molecule has 96 valence electrons. The van der Waals surface area contributed by atoms with Crippen molar-refractivity contribution in [2.45, 2.75) is 39.0 Å². The zero-order chi connectivity index (χ0) is 13.1. The average Bonchev–Trinajstić information content (AvgIpc) is 2.36. The van der Waals surface area contributed by atoms with E-state index in [9.17, 15) is 9.59 Å². The van der Waals surface area contributed by atoms with E-state index in [0.29, 0.717) is 0 Å². The minimum atomic E-state index is -0.141. The first-order chi connectivity index (χ1) is 8.58. The molecule has 0 fully saturated rings. The van der Waals surface area contributed by atoms with Gasteiger partial charge in [0.1, 0.15) is 5.78 Å². The van der Waals surface area contributed by atoms with Crippen LogP contribution in [0.2, 0.25) is 0 Å². The Labute approximate surface area is 108 Å². The molecule has 2 rings (SSSR count). The Morgan fingerprint density at radius 1 is 1.17 bits per heavy atom. The van der Waals surface area contributed by atoms with Crippen LogP contribution in [0.15, 0.2) is 18.2 Å². The Kier molecular flexibility index (Phi) is 3.80. The third kappa shape index (κ3) is 2.78. The molecule has 0 saturated carbocycles. The standard InChI is InChI=1S/C15H19NO2/c1-11(17)9-15(18)16(2)14-8-7-12-5-3-4-6-13(12)10-14/h7-8,10H,3-6,9H2,1-2H3. The summed E-state index contributed by atoms with van der Waals surface area (Å²) in [7, 11) is 1.73. The van der Waals surface area contributed by atoms with E-state index in [1.807, 2.05) is 6.07 Å². The Balaban J connectivity index is 2.18. The summed E-state index contributed by atoms with van der Waals surface area (Å²) in [6.07, 6.45) is 4.69. The largest absolute Gasteiger partial charge is 0.315 e. The molecule has 1 aromatic carbocycles. The molecule has 3 heteroatoms. The van der Waals surface area contributed by atoms with Crippen LogP contribution < -0.4 is 4.90 Å². The number of aryl methyl sites for hydroxylation is 2. The molecule has 0 N–H and O–H groups in total. The summed E-state index contributed by atoms with van der Waals surface area (Å²) in [4.78, 5) is 24.4. The van der Waals surface area contributed by atoms with Crippen LogP contribution in [0.3, 0.4) is 0 Å². The van der Waals surface area contributed by atoms with Gasteiger partial charge in [0.15, 0.2) is 0 Å². The number of nitrogens with zero attached hydrogens (tertiary/aromatic N) is 1. The van der Waals surface area contributed by atoms with Gasteiger partial charge in [0, 0.05) is 12.7 Å². The maximum absolute atomic E-state index is 11.8. The second-order valence-electron chi connectivity index (χ2n) is 4.99. The second kappa shape index (κ2) is 5.34. The molecular weight excluding hydrogens is 226 g/mol. The van der Waals surface area contributed by atoms with E-state index in [0.717, 1.165) is 18.5 Å². The minimum Gasteiger partial charge on any atom is -0.315 e. The number of benzene rings is 1. The topological polar surface area (TPSA) is 37.4 Å². The Morgan fingerprint density at radius 3 is 2.50 bits per heavy atom. The number of rotatable bonds is 3. The lowest BCUT2D eigenvalue weighted by Crippen LogP contribution is -2.27. The Hall–Kier alpha value is -1.64. The predicted octanol–water partition coefficient (Wildman–Crippen LogP) is 2.51. The minimum absolute atomic E-state index is 0.0203. The third-order valence-electron chi connectivity index (χ3n) is 3.49. The molecule has 0 radical (unpaired) electrons. The van der Waals surface area contributed by atoms with Gasteiger partial charge < -0.3 is 4.90 Å². The first kappa shape index (κ1) is 12.8.